The molecule has 0 aliphatic carbocycles. The average molecular weight is 359 g/mol. The highest BCUT2D eigenvalue weighted by Gasteiger charge is 2.22. The normalized spacial score (nSPS) is 11.3. The van der Waals surface area contributed by atoms with Crippen LogP contribution in [-0.4, -0.2) is 25.8 Å². The molecule has 23 heavy (non-hydrogen) atoms. The fourth-order valence-corrected chi connectivity index (χ4v) is 3.66. The smallest absolute Gasteiger partial charge is 0.218 e. The summed E-state index contributed by atoms with van der Waals surface area (Å²) in [5.41, 5.74) is 6.99. The second kappa shape index (κ2) is 8.98. The van der Waals surface area contributed by atoms with Crippen molar-refractivity contribution in [3.05, 3.63) is 71.5 Å². The summed E-state index contributed by atoms with van der Waals surface area (Å²) in [5.74, 6) is -0.552. The number of hydrogen-bond acceptors (Lipinski definition) is 3. The lowest BCUT2D eigenvalue weighted by molar-refractivity contribution is 0.413. The lowest BCUT2D eigenvalue weighted by Gasteiger charge is -2.21. The minimum atomic E-state index is -3.52. The van der Waals surface area contributed by atoms with E-state index in [2.05, 4.69) is 0 Å². The minimum absolute atomic E-state index is 0. The molecule has 0 fully saturated rings. The molecule has 0 amide bonds. The fourth-order valence-electron chi connectivity index (χ4n) is 2.13. The van der Waals surface area contributed by atoms with Gasteiger partial charge in [0, 0.05) is 19.6 Å². The molecule has 0 bridgehead atoms. The van der Waals surface area contributed by atoms with Gasteiger partial charge in [0.25, 0.3) is 0 Å². The molecule has 0 saturated heterocycles. The Morgan fingerprint density at radius 3 is 2.13 bits per heavy atom. The van der Waals surface area contributed by atoms with Gasteiger partial charge in [0.2, 0.25) is 10.0 Å². The second-order valence-corrected chi connectivity index (χ2v) is 6.96. The number of rotatable bonds is 7. The first kappa shape index (κ1) is 19.6. The standard InChI is InChI=1S/C16H19FN2O2S.ClH/c17-16-8-6-15(7-9-16)13-22(20,21)19(11-10-18)12-14-4-2-1-3-5-14;/h1-9H,10-13,18H2;1H. The van der Waals surface area contributed by atoms with Gasteiger partial charge >= 0.3 is 0 Å². The predicted molar refractivity (Wildman–Crippen MR) is 92.2 cm³/mol. The molecule has 0 heterocycles. The highest BCUT2D eigenvalue weighted by molar-refractivity contribution is 7.88. The Labute approximate surface area is 142 Å². The molecule has 0 aliphatic rings. The summed E-state index contributed by atoms with van der Waals surface area (Å²) in [6.45, 7) is 0.773. The van der Waals surface area contributed by atoms with Gasteiger partial charge in [-0.25, -0.2) is 12.8 Å². The molecule has 4 nitrogen and oxygen atoms in total. The molecule has 2 aromatic rings. The number of nitrogens with two attached hydrogens (primary N) is 1. The van der Waals surface area contributed by atoms with Gasteiger partial charge in [-0.1, -0.05) is 42.5 Å². The first-order valence-corrected chi connectivity index (χ1v) is 8.58. The van der Waals surface area contributed by atoms with Crippen molar-refractivity contribution in [3.63, 3.8) is 0 Å². The zero-order chi connectivity index (χ0) is 16.0. The third-order valence-corrected chi connectivity index (χ3v) is 5.03. The van der Waals surface area contributed by atoms with E-state index in [1.165, 1.54) is 28.6 Å². The van der Waals surface area contributed by atoms with Crippen molar-refractivity contribution in [3.8, 4) is 0 Å². The highest BCUT2D eigenvalue weighted by Crippen LogP contribution is 2.14. The van der Waals surface area contributed by atoms with E-state index >= 15 is 0 Å². The van der Waals surface area contributed by atoms with E-state index in [0.29, 0.717) is 5.56 Å². The van der Waals surface area contributed by atoms with E-state index in [9.17, 15) is 12.8 Å². The summed E-state index contributed by atoms with van der Waals surface area (Å²) in [7, 11) is -3.52. The van der Waals surface area contributed by atoms with Crippen molar-refractivity contribution >= 4 is 22.4 Å². The van der Waals surface area contributed by atoms with Crippen LogP contribution in [0.3, 0.4) is 0 Å². The van der Waals surface area contributed by atoms with Crippen molar-refractivity contribution < 1.29 is 12.8 Å². The van der Waals surface area contributed by atoms with Crippen LogP contribution >= 0.6 is 12.4 Å². The van der Waals surface area contributed by atoms with Crippen molar-refractivity contribution in [2.75, 3.05) is 13.1 Å². The summed E-state index contributed by atoms with van der Waals surface area (Å²) in [6.07, 6.45) is 0. The van der Waals surface area contributed by atoms with Crippen LogP contribution in [0.2, 0.25) is 0 Å². The van der Waals surface area contributed by atoms with Gasteiger partial charge in [-0.15, -0.1) is 12.4 Å². The van der Waals surface area contributed by atoms with E-state index in [-0.39, 0.29) is 43.6 Å². The molecule has 2 N–H and O–H groups in total. The zero-order valence-electron chi connectivity index (χ0n) is 12.6. The minimum Gasteiger partial charge on any atom is -0.329 e. The van der Waals surface area contributed by atoms with Crippen LogP contribution in [0.5, 0.6) is 0 Å². The molecular weight excluding hydrogens is 339 g/mol. The Bertz CT molecular complexity index is 694. The van der Waals surface area contributed by atoms with Gasteiger partial charge in [-0.3, -0.25) is 0 Å². The van der Waals surface area contributed by atoms with Crippen LogP contribution in [0.4, 0.5) is 4.39 Å². The van der Waals surface area contributed by atoms with E-state index < -0.39 is 10.0 Å². The molecule has 0 radical (unpaired) electrons. The molecule has 2 aromatic carbocycles. The Morgan fingerprint density at radius 2 is 1.57 bits per heavy atom. The Kier molecular flexibility index (Phi) is 7.64. The topological polar surface area (TPSA) is 63.4 Å². The predicted octanol–water partition coefficient (Wildman–Crippen LogP) is 2.54. The summed E-state index contributed by atoms with van der Waals surface area (Å²) < 4.78 is 39.4. The number of nitrogens with zero attached hydrogens (tertiary/aromatic N) is 1. The van der Waals surface area contributed by atoms with Crippen LogP contribution in [0.25, 0.3) is 0 Å². The molecule has 0 saturated carbocycles. The van der Waals surface area contributed by atoms with Crippen LogP contribution in [0.15, 0.2) is 54.6 Å². The lowest BCUT2D eigenvalue weighted by atomic mass is 10.2. The maximum Gasteiger partial charge on any atom is 0.218 e. The summed E-state index contributed by atoms with van der Waals surface area (Å²) >= 11 is 0. The maximum atomic E-state index is 12.9. The van der Waals surface area contributed by atoms with Crippen molar-refractivity contribution in [2.45, 2.75) is 12.3 Å². The Hall–Kier alpha value is -1.47. The molecular formula is C16H20ClFN2O2S. The number of hydrogen-bond donors (Lipinski definition) is 1. The van der Waals surface area contributed by atoms with Crippen LogP contribution < -0.4 is 5.73 Å². The van der Waals surface area contributed by atoms with Gasteiger partial charge in [-0.05, 0) is 23.3 Å². The van der Waals surface area contributed by atoms with Gasteiger partial charge in [0.15, 0.2) is 0 Å². The monoisotopic (exact) mass is 358 g/mol. The lowest BCUT2D eigenvalue weighted by Crippen LogP contribution is -2.35. The van der Waals surface area contributed by atoms with Crippen LogP contribution in [0.1, 0.15) is 11.1 Å². The summed E-state index contributed by atoms with van der Waals surface area (Å²) in [6, 6.07) is 14.8. The fraction of sp³-hybridized carbons (Fsp3) is 0.250. The average Bonchev–Trinajstić information content (AvgIpc) is 2.50. The molecule has 0 aromatic heterocycles. The van der Waals surface area contributed by atoms with Crippen molar-refractivity contribution in [1.29, 1.82) is 0 Å². The Morgan fingerprint density at radius 1 is 0.957 bits per heavy atom. The molecule has 0 unspecified atom stereocenters. The highest BCUT2D eigenvalue weighted by atomic mass is 35.5. The maximum absolute atomic E-state index is 12.9. The molecule has 0 spiro atoms. The van der Waals surface area contributed by atoms with Gasteiger partial charge < -0.3 is 5.73 Å². The molecule has 126 valence electrons. The van der Waals surface area contributed by atoms with Gasteiger partial charge in [0.1, 0.15) is 5.82 Å². The van der Waals surface area contributed by atoms with E-state index in [1.807, 2.05) is 30.3 Å². The first-order valence-electron chi connectivity index (χ1n) is 6.97. The molecule has 0 atom stereocenters. The van der Waals surface area contributed by atoms with E-state index in [4.69, 9.17) is 5.73 Å². The van der Waals surface area contributed by atoms with Gasteiger partial charge in [-0.2, -0.15) is 4.31 Å². The molecule has 2 rings (SSSR count). The first-order chi connectivity index (χ1) is 10.5. The SMILES string of the molecule is Cl.NCCN(Cc1ccccc1)S(=O)(=O)Cc1ccc(F)cc1. The number of halogens is 2. The Balaban J connectivity index is 0.00000264. The number of sulfonamides is 1. The van der Waals surface area contributed by atoms with Crippen molar-refractivity contribution in [2.24, 2.45) is 5.73 Å². The molecule has 0 aliphatic heterocycles. The quantitative estimate of drug-likeness (QED) is 0.827. The van der Waals surface area contributed by atoms with E-state index in [1.54, 1.807) is 0 Å². The summed E-state index contributed by atoms with van der Waals surface area (Å²) in [4.78, 5) is 0. The third-order valence-electron chi connectivity index (χ3n) is 3.24. The third kappa shape index (κ3) is 5.91. The van der Waals surface area contributed by atoms with Crippen LogP contribution in [-0.2, 0) is 22.3 Å². The summed E-state index contributed by atoms with van der Waals surface area (Å²) in [5, 5.41) is 0. The second-order valence-electron chi connectivity index (χ2n) is 4.99. The molecule has 7 heteroatoms. The van der Waals surface area contributed by atoms with Crippen LogP contribution in [0, 0.1) is 5.82 Å². The van der Waals surface area contributed by atoms with Crippen molar-refractivity contribution in [1.82, 2.24) is 4.31 Å². The number of benzene rings is 2. The van der Waals surface area contributed by atoms with E-state index in [0.717, 1.165) is 5.56 Å². The zero-order valence-corrected chi connectivity index (χ0v) is 14.2. The largest absolute Gasteiger partial charge is 0.329 e. The van der Waals surface area contributed by atoms with Gasteiger partial charge in [0.05, 0.1) is 5.75 Å².